The van der Waals surface area contributed by atoms with Crippen LogP contribution in [0.5, 0.6) is 0 Å². The van der Waals surface area contributed by atoms with E-state index in [4.69, 9.17) is 0 Å². The van der Waals surface area contributed by atoms with Crippen molar-refractivity contribution < 1.29 is 13.3 Å². The molecule has 0 spiro atoms. The number of nitrogens with one attached hydrogen (secondary N) is 2. The minimum Gasteiger partial charge on any atom is -0.316 e. The second-order valence-electron chi connectivity index (χ2n) is 4.91. The van der Waals surface area contributed by atoms with Crippen LogP contribution in [0.25, 0.3) is 0 Å². The molecule has 1 saturated heterocycles. The van der Waals surface area contributed by atoms with Gasteiger partial charge in [-0.25, -0.2) is 13.1 Å². The highest BCUT2D eigenvalue weighted by Crippen LogP contribution is 2.27. The van der Waals surface area contributed by atoms with E-state index >= 15 is 0 Å². The van der Waals surface area contributed by atoms with Gasteiger partial charge in [-0.15, -0.1) is 0 Å². The van der Waals surface area contributed by atoms with Crippen LogP contribution in [0.4, 0.5) is 5.69 Å². The van der Waals surface area contributed by atoms with Gasteiger partial charge in [-0.05, 0) is 44.0 Å². The molecule has 0 aromatic heterocycles. The van der Waals surface area contributed by atoms with Crippen molar-refractivity contribution in [3.8, 4) is 0 Å². The van der Waals surface area contributed by atoms with Crippen molar-refractivity contribution in [2.24, 2.45) is 5.92 Å². The van der Waals surface area contributed by atoms with E-state index in [2.05, 4.69) is 26.0 Å². The van der Waals surface area contributed by atoms with Crippen molar-refractivity contribution in [3.05, 3.63) is 32.8 Å². The van der Waals surface area contributed by atoms with E-state index in [1.54, 1.807) is 0 Å². The fourth-order valence-electron chi connectivity index (χ4n) is 2.29. The Balaban J connectivity index is 2.11. The first-order chi connectivity index (χ1) is 9.90. The molecular formula is C12H16BrN3O4S. The lowest BCUT2D eigenvalue weighted by Crippen LogP contribution is -2.27. The molecule has 9 heteroatoms. The van der Waals surface area contributed by atoms with Crippen molar-refractivity contribution in [1.82, 2.24) is 10.0 Å². The Morgan fingerprint density at radius 2 is 2.24 bits per heavy atom. The van der Waals surface area contributed by atoms with E-state index in [9.17, 15) is 18.5 Å². The van der Waals surface area contributed by atoms with Gasteiger partial charge in [0.05, 0.1) is 4.92 Å². The molecule has 7 nitrogen and oxygen atoms in total. The molecule has 1 unspecified atom stereocenters. The SMILES string of the molecule is O=[N+]([O-])c1ccc(Br)cc1S(=O)(=O)NCCC1CCNC1. The van der Waals surface area contributed by atoms with Crippen LogP contribution in [0.3, 0.4) is 0 Å². The second kappa shape index (κ2) is 6.82. The van der Waals surface area contributed by atoms with Gasteiger partial charge in [0.2, 0.25) is 10.0 Å². The van der Waals surface area contributed by atoms with Gasteiger partial charge in [0.15, 0.2) is 4.90 Å². The van der Waals surface area contributed by atoms with Gasteiger partial charge < -0.3 is 5.32 Å². The van der Waals surface area contributed by atoms with E-state index in [0.717, 1.165) is 19.5 Å². The lowest BCUT2D eigenvalue weighted by molar-refractivity contribution is -0.387. The van der Waals surface area contributed by atoms with Gasteiger partial charge in [0, 0.05) is 17.1 Å². The molecule has 1 aliphatic rings. The van der Waals surface area contributed by atoms with Crippen LogP contribution >= 0.6 is 15.9 Å². The summed E-state index contributed by atoms with van der Waals surface area (Å²) in [4.78, 5) is 9.95. The predicted octanol–water partition coefficient (Wildman–Crippen LogP) is 1.64. The molecular weight excluding hydrogens is 362 g/mol. The van der Waals surface area contributed by atoms with Crippen molar-refractivity contribution in [3.63, 3.8) is 0 Å². The Hall–Kier alpha value is -1.03. The number of nitrogens with zero attached hydrogens (tertiary/aromatic N) is 1. The normalized spacial score (nSPS) is 18.8. The highest BCUT2D eigenvalue weighted by atomic mass is 79.9. The molecule has 0 bridgehead atoms. The summed E-state index contributed by atoms with van der Waals surface area (Å²) in [6, 6.07) is 3.87. The van der Waals surface area contributed by atoms with Crippen LogP contribution in [0.1, 0.15) is 12.8 Å². The number of benzene rings is 1. The van der Waals surface area contributed by atoms with Gasteiger partial charge in [-0.1, -0.05) is 15.9 Å². The van der Waals surface area contributed by atoms with Crippen LogP contribution in [0.15, 0.2) is 27.6 Å². The lowest BCUT2D eigenvalue weighted by Gasteiger charge is -2.10. The molecule has 1 atom stereocenters. The fourth-order valence-corrected chi connectivity index (χ4v) is 4.04. The maximum atomic E-state index is 12.2. The number of nitro groups is 1. The molecule has 0 radical (unpaired) electrons. The van der Waals surface area contributed by atoms with Crippen LogP contribution in [0.2, 0.25) is 0 Å². The number of rotatable bonds is 6. The average Bonchev–Trinajstić information content (AvgIpc) is 2.91. The summed E-state index contributed by atoms with van der Waals surface area (Å²) in [5, 5.41) is 14.2. The molecule has 1 heterocycles. The molecule has 2 N–H and O–H groups in total. The zero-order chi connectivity index (χ0) is 15.5. The molecule has 1 fully saturated rings. The first-order valence-electron chi connectivity index (χ1n) is 6.54. The van der Waals surface area contributed by atoms with Crippen LogP contribution in [0, 0.1) is 16.0 Å². The minimum absolute atomic E-state index is 0.276. The van der Waals surface area contributed by atoms with Crippen LogP contribution in [-0.4, -0.2) is 33.0 Å². The van der Waals surface area contributed by atoms with Crippen molar-refractivity contribution in [1.29, 1.82) is 0 Å². The predicted molar refractivity (Wildman–Crippen MR) is 81.6 cm³/mol. The van der Waals surface area contributed by atoms with Gasteiger partial charge in [-0.3, -0.25) is 10.1 Å². The summed E-state index contributed by atoms with van der Waals surface area (Å²) in [7, 11) is -3.89. The summed E-state index contributed by atoms with van der Waals surface area (Å²) in [6.45, 7) is 2.12. The summed E-state index contributed by atoms with van der Waals surface area (Å²) >= 11 is 3.14. The number of hydrogen-bond acceptors (Lipinski definition) is 5. The number of nitro benzene ring substituents is 1. The Bertz CT molecular complexity index is 629. The molecule has 1 aromatic carbocycles. The standard InChI is InChI=1S/C12H16BrN3O4S/c13-10-1-2-11(16(17)18)12(7-10)21(19,20)15-6-4-9-3-5-14-8-9/h1-2,7,9,14-15H,3-6,8H2. The molecule has 21 heavy (non-hydrogen) atoms. The number of halogens is 1. The Morgan fingerprint density at radius 1 is 1.48 bits per heavy atom. The molecule has 0 saturated carbocycles. The van der Waals surface area contributed by atoms with E-state index in [1.165, 1.54) is 18.2 Å². The van der Waals surface area contributed by atoms with Gasteiger partial charge in [0.1, 0.15) is 0 Å². The molecule has 1 aromatic rings. The van der Waals surface area contributed by atoms with Crippen molar-refractivity contribution in [2.45, 2.75) is 17.7 Å². The second-order valence-corrected chi connectivity index (χ2v) is 7.57. The summed E-state index contributed by atoms with van der Waals surface area (Å²) in [5.41, 5.74) is -0.423. The Labute approximate surface area is 131 Å². The van der Waals surface area contributed by atoms with Crippen LogP contribution < -0.4 is 10.0 Å². The zero-order valence-corrected chi connectivity index (χ0v) is 13.6. The quantitative estimate of drug-likeness (QED) is 0.579. The molecule has 2 rings (SSSR count). The first-order valence-corrected chi connectivity index (χ1v) is 8.82. The van der Waals surface area contributed by atoms with Gasteiger partial charge in [-0.2, -0.15) is 0 Å². The van der Waals surface area contributed by atoms with Gasteiger partial charge >= 0.3 is 0 Å². The third-order valence-corrected chi connectivity index (χ3v) is 5.40. The zero-order valence-electron chi connectivity index (χ0n) is 11.2. The molecule has 0 aliphatic carbocycles. The molecule has 1 aliphatic heterocycles. The van der Waals surface area contributed by atoms with Crippen LogP contribution in [-0.2, 0) is 10.0 Å². The number of sulfonamides is 1. The van der Waals surface area contributed by atoms with E-state index in [-0.39, 0.29) is 11.4 Å². The minimum atomic E-state index is -3.89. The van der Waals surface area contributed by atoms with E-state index in [1.807, 2.05) is 0 Å². The summed E-state index contributed by atoms with van der Waals surface area (Å²) in [5.74, 6) is 0.449. The first kappa shape index (κ1) is 16.3. The smallest absolute Gasteiger partial charge is 0.289 e. The third kappa shape index (κ3) is 4.22. The van der Waals surface area contributed by atoms with E-state index < -0.39 is 20.6 Å². The fraction of sp³-hybridized carbons (Fsp3) is 0.500. The lowest BCUT2D eigenvalue weighted by atomic mass is 10.1. The van der Waals surface area contributed by atoms with Crippen molar-refractivity contribution >= 4 is 31.6 Å². The molecule has 116 valence electrons. The Kier molecular flexibility index (Phi) is 5.31. The Morgan fingerprint density at radius 3 is 2.86 bits per heavy atom. The van der Waals surface area contributed by atoms with Crippen molar-refractivity contribution in [2.75, 3.05) is 19.6 Å². The monoisotopic (exact) mass is 377 g/mol. The summed E-state index contributed by atoms with van der Waals surface area (Å²) in [6.07, 6.45) is 1.74. The maximum Gasteiger partial charge on any atom is 0.289 e. The topological polar surface area (TPSA) is 101 Å². The maximum absolute atomic E-state index is 12.2. The van der Waals surface area contributed by atoms with E-state index in [0.29, 0.717) is 16.8 Å². The third-order valence-electron chi connectivity index (χ3n) is 3.42. The highest BCUT2D eigenvalue weighted by Gasteiger charge is 2.26. The highest BCUT2D eigenvalue weighted by molar-refractivity contribution is 9.10. The summed E-state index contributed by atoms with van der Waals surface area (Å²) < 4.78 is 27.4. The number of hydrogen-bond donors (Lipinski definition) is 2. The molecule has 0 amide bonds. The average molecular weight is 378 g/mol. The van der Waals surface area contributed by atoms with Gasteiger partial charge in [0.25, 0.3) is 5.69 Å². The largest absolute Gasteiger partial charge is 0.316 e.